The number of nitrogens with zero attached hydrogens (tertiary/aromatic N) is 3. The van der Waals surface area contributed by atoms with Crippen LogP contribution in [0.3, 0.4) is 0 Å². The fraction of sp³-hybridized carbons (Fsp3) is 0. The van der Waals surface area contributed by atoms with E-state index in [1.165, 1.54) is 11.1 Å². The molecule has 51 heavy (non-hydrogen) atoms. The van der Waals surface area contributed by atoms with Gasteiger partial charge in [0.25, 0.3) is 0 Å². The van der Waals surface area contributed by atoms with E-state index in [2.05, 4.69) is 127 Å². The Bertz CT molecular complexity index is 2910. The molecule has 0 aliphatic heterocycles. The van der Waals surface area contributed by atoms with Crippen LogP contribution < -0.4 is 0 Å². The van der Waals surface area contributed by atoms with Crippen LogP contribution in [0.25, 0.3) is 99.9 Å². The van der Waals surface area contributed by atoms with Gasteiger partial charge in [0.2, 0.25) is 0 Å². The van der Waals surface area contributed by atoms with Gasteiger partial charge in [0.05, 0.1) is 0 Å². The molecule has 0 unspecified atom stereocenters. The van der Waals surface area contributed by atoms with Crippen LogP contribution in [0.2, 0.25) is 0 Å². The topological polar surface area (TPSA) is 51.8 Å². The van der Waals surface area contributed by atoms with Crippen LogP contribution in [-0.4, -0.2) is 15.0 Å². The van der Waals surface area contributed by atoms with Gasteiger partial charge in [-0.2, -0.15) is 0 Å². The third-order valence-corrected chi connectivity index (χ3v) is 9.70. The van der Waals surface area contributed by atoms with Crippen LogP contribution in [0.5, 0.6) is 0 Å². The molecular weight excluding hydrogens is 623 g/mol. The molecule has 0 aliphatic rings. The summed E-state index contributed by atoms with van der Waals surface area (Å²) in [6.07, 6.45) is 0. The van der Waals surface area contributed by atoms with Gasteiger partial charge < -0.3 is 4.42 Å². The van der Waals surface area contributed by atoms with Gasteiger partial charge >= 0.3 is 0 Å². The summed E-state index contributed by atoms with van der Waals surface area (Å²) < 4.78 is 6.21. The van der Waals surface area contributed by atoms with Gasteiger partial charge in [-0.25, -0.2) is 15.0 Å². The molecule has 0 atom stereocenters. The number of furan rings is 1. The summed E-state index contributed by atoms with van der Waals surface area (Å²) >= 11 is 0. The minimum atomic E-state index is 0.627. The van der Waals surface area contributed by atoms with Gasteiger partial charge in [0, 0.05) is 27.5 Å². The third kappa shape index (κ3) is 5.13. The van der Waals surface area contributed by atoms with Crippen molar-refractivity contribution in [2.75, 3.05) is 0 Å². The van der Waals surface area contributed by atoms with Crippen LogP contribution in [0.15, 0.2) is 180 Å². The van der Waals surface area contributed by atoms with E-state index in [9.17, 15) is 0 Å². The number of hydrogen-bond donors (Lipinski definition) is 0. The van der Waals surface area contributed by atoms with E-state index in [4.69, 9.17) is 19.4 Å². The van der Waals surface area contributed by atoms with E-state index in [1.54, 1.807) is 0 Å². The molecule has 0 bridgehead atoms. The lowest BCUT2D eigenvalue weighted by Gasteiger charge is -2.13. The summed E-state index contributed by atoms with van der Waals surface area (Å²) in [5, 5.41) is 6.81. The fourth-order valence-corrected chi connectivity index (χ4v) is 7.19. The molecule has 0 aliphatic carbocycles. The summed E-state index contributed by atoms with van der Waals surface area (Å²) in [6.45, 7) is 0. The highest BCUT2D eigenvalue weighted by Crippen LogP contribution is 2.37. The predicted molar refractivity (Wildman–Crippen MR) is 209 cm³/mol. The normalized spacial score (nSPS) is 11.5. The second-order valence-electron chi connectivity index (χ2n) is 12.8. The zero-order chi connectivity index (χ0) is 33.7. The smallest absolute Gasteiger partial charge is 0.164 e. The number of hydrogen-bond acceptors (Lipinski definition) is 4. The monoisotopic (exact) mass is 651 g/mol. The molecule has 4 heteroatoms. The Morgan fingerprint density at radius 1 is 0.294 bits per heavy atom. The molecule has 4 nitrogen and oxygen atoms in total. The highest BCUT2D eigenvalue weighted by Gasteiger charge is 2.16. The molecule has 10 rings (SSSR count). The van der Waals surface area contributed by atoms with Crippen molar-refractivity contribution in [3.05, 3.63) is 176 Å². The van der Waals surface area contributed by atoms with Crippen LogP contribution in [0.1, 0.15) is 0 Å². The number of benzene rings is 8. The van der Waals surface area contributed by atoms with Gasteiger partial charge in [-0.15, -0.1) is 0 Å². The van der Waals surface area contributed by atoms with E-state index in [0.717, 1.165) is 71.3 Å². The molecule has 8 aromatic carbocycles. The van der Waals surface area contributed by atoms with Crippen molar-refractivity contribution in [3.8, 4) is 56.4 Å². The summed E-state index contributed by atoms with van der Waals surface area (Å²) in [6, 6.07) is 61.1. The molecule has 238 valence electrons. The first-order chi connectivity index (χ1) is 25.2. The lowest BCUT2D eigenvalue weighted by atomic mass is 9.93. The largest absolute Gasteiger partial charge is 0.456 e. The Kier molecular flexibility index (Phi) is 6.78. The minimum absolute atomic E-state index is 0.627. The van der Waals surface area contributed by atoms with Gasteiger partial charge in [-0.1, -0.05) is 146 Å². The first kappa shape index (κ1) is 29.0. The average Bonchev–Trinajstić information content (AvgIpc) is 3.58. The van der Waals surface area contributed by atoms with Crippen molar-refractivity contribution in [3.63, 3.8) is 0 Å². The van der Waals surface area contributed by atoms with Crippen molar-refractivity contribution in [2.24, 2.45) is 0 Å². The molecule has 2 heterocycles. The van der Waals surface area contributed by atoms with Crippen LogP contribution >= 0.6 is 0 Å². The lowest BCUT2D eigenvalue weighted by Crippen LogP contribution is -2.00. The van der Waals surface area contributed by atoms with Gasteiger partial charge in [0.1, 0.15) is 11.2 Å². The van der Waals surface area contributed by atoms with E-state index in [-0.39, 0.29) is 0 Å². The molecule has 2 aromatic heterocycles. The first-order valence-corrected chi connectivity index (χ1v) is 17.1. The maximum absolute atomic E-state index is 6.21. The molecule has 0 saturated carbocycles. The van der Waals surface area contributed by atoms with Crippen molar-refractivity contribution in [1.82, 2.24) is 15.0 Å². The average molecular weight is 652 g/mol. The SMILES string of the molecule is c1ccc(-c2nc(-c3cccc(-c4ccccc4-c4ccccc4)c3)nc(-c3ccc4ccc5cc6oc7ccccc7c6cc5c4c3)n2)cc1. The number of para-hydroxylation sites is 1. The van der Waals surface area contributed by atoms with Crippen LogP contribution in [0, 0.1) is 0 Å². The summed E-state index contributed by atoms with van der Waals surface area (Å²) in [5.74, 6) is 1.89. The standard InChI is InChI=1S/C47H29N3O/c1-3-12-30(13-4-1)37-18-7-8-19-38(37)33-16-11-17-35(26-33)46-48-45(32-14-5-2-6-15-32)49-47(50-46)36-25-23-31-22-24-34-28-44-42(29-41(34)40(31)27-36)39-20-9-10-21-43(39)51-44/h1-29H. The van der Waals surface area contributed by atoms with Crippen LogP contribution in [0.4, 0.5) is 0 Å². The molecule has 0 radical (unpaired) electrons. The van der Waals surface area contributed by atoms with Crippen molar-refractivity contribution >= 4 is 43.5 Å². The third-order valence-electron chi connectivity index (χ3n) is 9.70. The Balaban J connectivity index is 1.14. The molecule has 0 N–H and O–H groups in total. The maximum atomic E-state index is 6.21. The Morgan fingerprint density at radius 3 is 1.63 bits per heavy atom. The quantitative estimate of drug-likeness (QED) is 0.174. The zero-order valence-corrected chi connectivity index (χ0v) is 27.5. The first-order valence-electron chi connectivity index (χ1n) is 17.1. The Labute approximate surface area is 294 Å². The van der Waals surface area contributed by atoms with Gasteiger partial charge in [-0.3, -0.25) is 0 Å². The molecular formula is C47H29N3O. The second-order valence-corrected chi connectivity index (χ2v) is 12.8. The second kappa shape index (κ2) is 11.9. The van der Waals surface area contributed by atoms with Gasteiger partial charge in [-0.05, 0) is 74.1 Å². The number of fused-ring (bicyclic) bond motifs is 6. The Hall–Kier alpha value is -6.91. The Morgan fingerprint density at radius 2 is 0.843 bits per heavy atom. The zero-order valence-electron chi connectivity index (χ0n) is 27.5. The summed E-state index contributed by atoms with van der Waals surface area (Å²) in [7, 11) is 0. The van der Waals surface area contributed by atoms with Crippen molar-refractivity contribution in [1.29, 1.82) is 0 Å². The molecule has 10 aromatic rings. The fourth-order valence-electron chi connectivity index (χ4n) is 7.19. The molecule has 0 amide bonds. The minimum Gasteiger partial charge on any atom is -0.456 e. The van der Waals surface area contributed by atoms with Crippen molar-refractivity contribution < 1.29 is 4.42 Å². The molecule has 0 saturated heterocycles. The highest BCUT2D eigenvalue weighted by molar-refractivity contribution is 6.16. The van der Waals surface area contributed by atoms with E-state index in [1.807, 2.05) is 48.5 Å². The number of aromatic nitrogens is 3. The van der Waals surface area contributed by atoms with E-state index in [0.29, 0.717) is 17.5 Å². The van der Waals surface area contributed by atoms with Gasteiger partial charge in [0.15, 0.2) is 17.5 Å². The predicted octanol–water partition coefficient (Wildman–Crippen LogP) is 12.4. The number of rotatable bonds is 5. The summed E-state index contributed by atoms with van der Waals surface area (Å²) in [5.41, 5.74) is 9.20. The highest BCUT2D eigenvalue weighted by atomic mass is 16.3. The lowest BCUT2D eigenvalue weighted by molar-refractivity contribution is 0.669. The molecule has 0 fully saturated rings. The maximum Gasteiger partial charge on any atom is 0.164 e. The summed E-state index contributed by atoms with van der Waals surface area (Å²) in [4.78, 5) is 15.3. The van der Waals surface area contributed by atoms with E-state index < -0.39 is 0 Å². The molecule has 0 spiro atoms. The van der Waals surface area contributed by atoms with Crippen LogP contribution in [-0.2, 0) is 0 Å². The van der Waals surface area contributed by atoms with Crippen molar-refractivity contribution in [2.45, 2.75) is 0 Å². The van der Waals surface area contributed by atoms with E-state index >= 15 is 0 Å².